The van der Waals surface area contributed by atoms with Gasteiger partial charge in [-0.25, -0.2) is 0 Å². The van der Waals surface area contributed by atoms with Crippen LogP contribution in [0.2, 0.25) is 0 Å². The van der Waals surface area contributed by atoms with Crippen LogP contribution < -0.4 is 10.1 Å². The van der Waals surface area contributed by atoms with Crippen LogP contribution in [0.4, 0.5) is 0 Å². The highest BCUT2D eigenvalue weighted by atomic mass is 16.5. The summed E-state index contributed by atoms with van der Waals surface area (Å²) in [7, 11) is 0. The number of ether oxygens (including phenoxy) is 1. The average Bonchev–Trinajstić information content (AvgIpc) is 2.38. The molecular formula is C15H22N2O. The maximum absolute atomic E-state index is 8.41. The summed E-state index contributed by atoms with van der Waals surface area (Å²) in [6.07, 6.45) is 1.17. The van der Waals surface area contributed by atoms with Crippen LogP contribution >= 0.6 is 0 Å². The van der Waals surface area contributed by atoms with Gasteiger partial charge in [0.15, 0.2) is 6.61 Å². The molecule has 0 saturated heterocycles. The van der Waals surface area contributed by atoms with Gasteiger partial charge < -0.3 is 10.1 Å². The van der Waals surface area contributed by atoms with Crippen molar-refractivity contribution in [3.8, 4) is 11.8 Å². The van der Waals surface area contributed by atoms with Gasteiger partial charge in [0, 0.05) is 13.1 Å². The largest absolute Gasteiger partial charge is 0.479 e. The van der Waals surface area contributed by atoms with Gasteiger partial charge >= 0.3 is 0 Å². The number of benzene rings is 1. The first-order valence-electron chi connectivity index (χ1n) is 6.37. The molecule has 98 valence electrons. The maximum atomic E-state index is 8.41. The highest BCUT2D eigenvalue weighted by molar-refractivity contribution is 5.27. The number of nitrogens with zero attached hydrogens (tertiary/aromatic N) is 1. The van der Waals surface area contributed by atoms with Gasteiger partial charge in [-0.3, -0.25) is 0 Å². The zero-order valence-corrected chi connectivity index (χ0v) is 11.5. The molecule has 3 nitrogen and oxygen atoms in total. The molecule has 0 saturated carbocycles. The Hall–Kier alpha value is -1.53. The number of rotatable bonds is 7. The van der Waals surface area contributed by atoms with Crippen molar-refractivity contribution in [2.45, 2.75) is 33.7 Å². The van der Waals surface area contributed by atoms with Crippen molar-refractivity contribution in [2.75, 3.05) is 13.2 Å². The first-order chi connectivity index (χ1) is 8.57. The first kappa shape index (κ1) is 14.5. The van der Waals surface area contributed by atoms with E-state index in [1.165, 1.54) is 12.0 Å². The molecule has 0 unspecified atom stereocenters. The minimum absolute atomic E-state index is 0.0995. The Balaban J connectivity index is 2.38. The Morgan fingerprint density at radius 3 is 2.50 bits per heavy atom. The van der Waals surface area contributed by atoms with Crippen LogP contribution in [0.15, 0.2) is 24.3 Å². The third-order valence-corrected chi connectivity index (χ3v) is 3.12. The maximum Gasteiger partial charge on any atom is 0.174 e. The minimum atomic E-state index is 0.0995. The van der Waals surface area contributed by atoms with Gasteiger partial charge in [0.05, 0.1) is 0 Å². The average molecular weight is 246 g/mol. The molecule has 0 spiro atoms. The Bertz CT molecular complexity index is 390. The monoisotopic (exact) mass is 246 g/mol. The summed E-state index contributed by atoms with van der Waals surface area (Å²) in [5, 5.41) is 11.9. The Kier molecular flexibility index (Phi) is 5.67. The van der Waals surface area contributed by atoms with Gasteiger partial charge in [-0.05, 0) is 29.5 Å². The van der Waals surface area contributed by atoms with E-state index < -0.39 is 0 Å². The van der Waals surface area contributed by atoms with E-state index in [0.29, 0.717) is 5.41 Å². The number of hydrogen-bond acceptors (Lipinski definition) is 3. The summed E-state index contributed by atoms with van der Waals surface area (Å²) in [6, 6.07) is 9.81. The zero-order chi connectivity index (χ0) is 13.4. The van der Waals surface area contributed by atoms with Crippen molar-refractivity contribution >= 4 is 0 Å². The molecule has 18 heavy (non-hydrogen) atoms. The van der Waals surface area contributed by atoms with E-state index in [1.54, 1.807) is 0 Å². The molecule has 0 aliphatic rings. The molecule has 0 aliphatic heterocycles. The second-order valence-corrected chi connectivity index (χ2v) is 5.21. The molecule has 0 atom stereocenters. The molecule has 0 bridgehead atoms. The molecule has 1 N–H and O–H groups in total. The molecule has 1 aromatic rings. The van der Waals surface area contributed by atoms with Crippen molar-refractivity contribution in [1.29, 1.82) is 5.26 Å². The van der Waals surface area contributed by atoms with Crippen LogP contribution in [-0.4, -0.2) is 13.2 Å². The second-order valence-electron chi connectivity index (χ2n) is 5.21. The van der Waals surface area contributed by atoms with E-state index in [0.717, 1.165) is 18.8 Å². The third-order valence-electron chi connectivity index (χ3n) is 3.12. The van der Waals surface area contributed by atoms with Crippen molar-refractivity contribution < 1.29 is 4.74 Å². The van der Waals surface area contributed by atoms with Gasteiger partial charge in [0.25, 0.3) is 0 Å². The summed E-state index contributed by atoms with van der Waals surface area (Å²) in [6.45, 7) is 8.71. The smallest absolute Gasteiger partial charge is 0.174 e. The predicted octanol–water partition coefficient (Wildman–Crippen LogP) is 3.11. The molecule has 0 aliphatic carbocycles. The summed E-state index contributed by atoms with van der Waals surface area (Å²) in [5.41, 5.74) is 1.57. The van der Waals surface area contributed by atoms with Gasteiger partial charge in [-0.2, -0.15) is 5.26 Å². The van der Waals surface area contributed by atoms with Gasteiger partial charge in [0.2, 0.25) is 0 Å². The lowest BCUT2D eigenvalue weighted by Crippen LogP contribution is -2.28. The second kappa shape index (κ2) is 7.03. The normalized spacial score (nSPS) is 11.0. The fraction of sp³-hybridized carbons (Fsp3) is 0.533. The van der Waals surface area contributed by atoms with Gasteiger partial charge in [-0.1, -0.05) is 32.9 Å². The quantitative estimate of drug-likeness (QED) is 0.804. The highest BCUT2D eigenvalue weighted by Gasteiger charge is 2.13. The lowest BCUT2D eigenvalue weighted by atomic mass is 9.90. The molecular weight excluding hydrogens is 224 g/mol. The summed E-state index contributed by atoms with van der Waals surface area (Å²) >= 11 is 0. The van der Waals surface area contributed by atoms with Crippen molar-refractivity contribution in [1.82, 2.24) is 5.32 Å². The topological polar surface area (TPSA) is 45.0 Å². The zero-order valence-electron chi connectivity index (χ0n) is 11.5. The van der Waals surface area contributed by atoms with Crippen LogP contribution in [0.5, 0.6) is 5.75 Å². The van der Waals surface area contributed by atoms with Crippen LogP contribution in [-0.2, 0) is 6.54 Å². The Labute approximate surface area is 110 Å². The van der Waals surface area contributed by atoms with Crippen molar-refractivity contribution in [2.24, 2.45) is 5.41 Å². The van der Waals surface area contributed by atoms with E-state index in [9.17, 15) is 0 Å². The van der Waals surface area contributed by atoms with Crippen LogP contribution in [0.3, 0.4) is 0 Å². The SMILES string of the molecule is CCC(C)(C)CNCc1ccc(OCC#N)cc1. The summed E-state index contributed by atoms with van der Waals surface area (Å²) < 4.78 is 5.20. The van der Waals surface area contributed by atoms with E-state index in [1.807, 2.05) is 30.3 Å². The fourth-order valence-corrected chi connectivity index (χ4v) is 1.49. The minimum Gasteiger partial charge on any atom is -0.479 e. The molecule has 0 aromatic heterocycles. The number of hydrogen-bond donors (Lipinski definition) is 1. The Morgan fingerprint density at radius 2 is 1.94 bits per heavy atom. The third kappa shape index (κ3) is 5.20. The van der Waals surface area contributed by atoms with Crippen LogP contribution in [0, 0.1) is 16.7 Å². The van der Waals surface area contributed by atoms with Gasteiger partial charge in [-0.15, -0.1) is 0 Å². The van der Waals surface area contributed by atoms with Crippen molar-refractivity contribution in [3.05, 3.63) is 29.8 Å². The van der Waals surface area contributed by atoms with Gasteiger partial charge in [0.1, 0.15) is 11.8 Å². The van der Waals surface area contributed by atoms with E-state index in [2.05, 4.69) is 26.1 Å². The molecule has 1 rings (SSSR count). The fourth-order valence-electron chi connectivity index (χ4n) is 1.49. The first-order valence-corrected chi connectivity index (χ1v) is 6.37. The lowest BCUT2D eigenvalue weighted by Gasteiger charge is -2.23. The molecule has 0 radical (unpaired) electrons. The molecule has 3 heteroatoms. The summed E-state index contributed by atoms with van der Waals surface area (Å²) in [5.74, 6) is 0.745. The highest BCUT2D eigenvalue weighted by Crippen LogP contribution is 2.18. The molecule has 0 heterocycles. The van der Waals surface area contributed by atoms with Crippen LogP contribution in [0.1, 0.15) is 32.8 Å². The number of nitrogens with one attached hydrogen (secondary N) is 1. The predicted molar refractivity (Wildman–Crippen MR) is 73.3 cm³/mol. The molecule has 0 amide bonds. The van der Waals surface area contributed by atoms with Crippen LogP contribution in [0.25, 0.3) is 0 Å². The molecule has 0 fully saturated rings. The lowest BCUT2D eigenvalue weighted by molar-refractivity contribution is 0.327. The van der Waals surface area contributed by atoms with E-state index >= 15 is 0 Å². The van der Waals surface area contributed by atoms with E-state index in [-0.39, 0.29) is 6.61 Å². The molecule has 1 aromatic carbocycles. The van der Waals surface area contributed by atoms with E-state index in [4.69, 9.17) is 10.00 Å². The summed E-state index contributed by atoms with van der Waals surface area (Å²) in [4.78, 5) is 0. The van der Waals surface area contributed by atoms with Crippen molar-refractivity contribution in [3.63, 3.8) is 0 Å². The Morgan fingerprint density at radius 1 is 1.28 bits per heavy atom. The number of nitriles is 1. The standard InChI is InChI=1S/C15H22N2O/c1-4-15(2,3)12-17-11-13-5-7-14(8-6-13)18-10-9-16/h5-8,17H,4,10-12H2,1-3H3.